The Balaban J connectivity index is 1.68. The molecule has 1 unspecified atom stereocenters. The summed E-state index contributed by atoms with van der Waals surface area (Å²) >= 11 is 1.67. The van der Waals surface area contributed by atoms with Crippen molar-refractivity contribution < 1.29 is 9.21 Å². The standard InChI is InChI=1S/C20H18N4O3S/c1-28-11-9-15(18-23-22-17-8-4-5-10-24(17)18)21-19(25)14-12-13-6-2-3-7-16(13)27-20(14)26/h2-8,10,12,15H,9,11H2,1H3,(H,21,25). The number of hydrogen-bond donors (Lipinski definition) is 1. The van der Waals surface area contributed by atoms with Gasteiger partial charge in [-0.1, -0.05) is 24.3 Å². The zero-order chi connectivity index (χ0) is 19.5. The zero-order valence-corrected chi connectivity index (χ0v) is 16.0. The van der Waals surface area contributed by atoms with E-state index < -0.39 is 11.5 Å². The lowest BCUT2D eigenvalue weighted by molar-refractivity contribution is 0.0930. The third-order valence-corrected chi connectivity index (χ3v) is 5.10. The number of nitrogens with zero attached hydrogens (tertiary/aromatic N) is 3. The van der Waals surface area contributed by atoms with Crippen LogP contribution in [0.15, 0.2) is 63.9 Å². The Hall–Kier alpha value is -3.13. The predicted octanol–water partition coefficient (Wildman–Crippen LogP) is 3.06. The Morgan fingerprint density at radius 3 is 2.89 bits per heavy atom. The maximum Gasteiger partial charge on any atom is 0.349 e. The van der Waals surface area contributed by atoms with Gasteiger partial charge in [0, 0.05) is 11.6 Å². The van der Waals surface area contributed by atoms with Gasteiger partial charge in [-0.05, 0) is 42.7 Å². The summed E-state index contributed by atoms with van der Waals surface area (Å²) in [6.45, 7) is 0. The highest BCUT2D eigenvalue weighted by atomic mass is 32.2. The number of carbonyl (C=O) groups is 1. The molecule has 3 heterocycles. The van der Waals surface area contributed by atoms with Gasteiger partial charge < -0.3 is 9.73 Å². The Labute approximate surface area is 164 Å². The van der Waals surface area contributed by atoms with Crippen LogP contribution in [-0.2, 0) is 0 Å². The molecule has 142 valence electrons. The van der Waals surface area contributed by atoms with Crippen molar-refractivity contribution in [2.45, 2.75) is 12.5 Å². The van der Waals surface area contributed by atoms with Crippen LogP contribution < -0.4 is 10.9 Å². The maximum absolute atomic E-state index is 12.9. The van der Waals surface area contributed by atoms with Crippen LogP contribution in [-0.4, -0.2) is 32.5 Å². The van der Waals surface area contributed by atoms with Gasteiger partial charge >= 0.3 is 5.63 Å². The molecule has 0 aliphatic carbocycles. The number of thioether (sulfide) groups is 1. The van der Waals surface area contributed by atoms with E-state index in [9.17, 15) is 9.59 Å². The zero-order valence-electron chi connectivity index (χ0n) is 15.2. The van der Waals surface area contributed by atoms with Crippen molar-refractivity contribution in [3.05, 3.63) is 76.5 Å². The minimum atomic E-state index is -0.661. The number of fused-ring (bicyclic) bond motifs is 2. The highest BCUT2D eigenvalue weighted by Gasteiger charge is 2.23. The number of aromatic nitrogens is 3. The summed E-state index contributed by atoms with van der Waals surface area (Å²) < 4.78 is 7.13. The van der Waals surface area contributed by atoms with Crippen molar-refractivity contribution in [1.82, 2.24) is 19.9 Å². The summed E-state index contributed by atoms with van der Waals surface area (Å²) in [6, 6.07) is 13.9. The second kappa shape index (κ2) is 7.85. The van der Waals surface area contributed by atoms with Gasteiger partial charge in [-0.25, -0.2) is 4.79 Å². The van der Waals surface area contributed by atoms with Gasteiger partial charge in [-0.3, -0.25) is 9.20 Å². The van der Waals surface area contributed by atoms with E-state index in [0.717, 1.165) is 5.75 Å². The average Bonchev–Trinajstić information content (AvgIpc) is 3.14. The number of amides is 1. The fourth-order valence-corrected chi connectivity index (χ4v) is 3.53. The molecule has 0 aliphatic heterocycles. The number of benzene rings is 1. The van der Waals surface area contributed by atoms with Crippen molar-refractivity contribution in [2.24, 2.45) is 0 Å². The van der Waals surface area contributed by atoms with Crippen molar-refractivity contribution in [1.29, 1.82) is 0 Å². The molecular weight excluding hydrogens is 376 g/mol. The summed E-state index contributed by atoms with van der Waals surface area (Å²) in [5, 5.41) is 12.0. The molecule has 8 heteroatoms. The van der Waals surface area contributed by atoms with Crippen molar-refractivity contribution >= 4 is 34.3 Å². The summed E-state index contributed by atoms with van der Waals surface area (Å²) in [4.78, 5) is 25.2. The molecule has 1 aromatic carbocycles. The van der Waals surface area contributed by atoms with Crippen LogP contribution in [0.1, 0.15) is 28.6 Å². The number of pyridine rings is 1. The first kappa shape index (κ1) is 18.2. The van der Waals surface area contributed by atoms with E-state index in [4.69, 9.17) is 4.42 Å². The largest absolute Gasteiger partial charge is 0.422 e. The molecule has 0 saturated heterocycles. The lowest BCUT2D eigenvalue weighted by Crippen LogP contribution is -2.33. The average molecular weight is 394 g/mol. The molecule has 4 aromatic rings. The lowest BCUT2D eigenvalue weighted by Gasteiger charge is -2.16. The number of hydrogen-bond acceptors (Lipinski definition) is 6. The molecular formula is C20H18N4O3S. The smallest absolute Gasteiger partial charge is 0.349 e. The predicted molar refractivity (Wildman–Crippen MR) is 109 cm³/mol. The van der Waals surface area contributed by atoms with E-state index >= 15 is 0 Å². The number of rotatable bonds is 6. The summed E-state index contributed by atoms with van der Waals surface area (Å²) in [6.07, 6.45) is 4.51. The van der Waals surface area contributed by atoms with Gasteiger partial charge in [0.25, 0.3) is 5.91 Å². The van der Waals surface area contributed by atoms with E-state index in [2.05, 4.69) is 15.5 Å². The van der Waals surface area contributed by atoms with Crippen molar-refractivity contribution in [3.63, 3.8) is 0 Å². The second-order valence-corrected chi connectivity index (χ2v) is 7.27. The summed E-state index contributed by atoms with van der Waals surface area (Å²) in [5.41, 5.74) is 0.463. The van der Waals surface area contributed by atoms with Crippen LogP contribution in [0.4, 0.5) is 0 Å². The summed E-state index contributed by atoms with van der Waals surface area (Å²) in [5.74, 6) is 0.959. The van der Waals surface area contributed by atoms with E-state index in [1.54, 1.807) is 36.0 Å². The normalized spacial score (nSPS) is 12.3. The first-order valence-corrected chi connectivity index (χ1v) is 10.2. The highest BCUT2D eigenvalue weighted by molar-refractivity contribution is 7.98. The molecule has 0 aliphatic rings. The molecule has 4 rings (SSSR count). The topological polar surface area (TPSA) is 89.5 Å². The maximum atomic E-state index is 12.9. The van der Waals surface area contributed by atoms with Gasteiger partial charge in [0.2, 0.25) is 0 Å². The van der Waals surface area contributed by atoms with Crippen molar-refractivity contribution in [3.8, 4) is 0 Å². The van der Waals surface area contributed by atoms with Crippen LogP contribution in [0.5, 0.6) is 0 Å². The lowest BCUT2D eigenvalue weighted by atomic mass is 10.1. The quantitative estimate of drug-likeness (QED) is 0.506. The molecule has 0 radical (unpaired) electrons. The number of carbonyl (C=O) groups excluding carboxylic acids is 1. The van der Waals surface area contributed by atoms with Gasteiger partial charge in [0.15, 0.2) is 11.5 Å². The molecule has 3 aromatic heterocycles. The highest BCUT2D eigenvalue weighted by Crippen LogP contribution is 2.19. The molecule has 28 heavy (non-hydrogen) atoms. The molecule has 0 spiro atoms. The molecule has 7 nitrogen and oxygen atoms in total. The second-order valence-electron chi connectivity index (χ2n) is 6.28. The fourth-order valence-electron chi connectivity index (χ4n) is 3.06. The number of para-hydroxylation sites is 1. The van der Waals surface area contributed by atoms with Crippen LogP contribution in [0, 0.1) is 0 Å². The van der Waals surface area contributed by atoms with Crippen molar-refractivity contribution in [2.75, 3.05) is 12.0 Å². The van der Waals surface area contributed by atoms with Gasteiger partial charge in [-0.15, -0.1) is 10.2 Å². The third-order valence-electron chi connectivity index (χ3n) is 4.45. The van der Waals surface area contributed by atoms with Crippen LogP contribution in [0.2, 0.25) is 0 Å². The Bertz CT molecular complexity index is 1200. The van der Waals surface area contributed by atoms with Gasteiger partial charge in [-0.2, -0.15) is 11.8 Å². The molecule has 0 bridgehead atoms. The fraction of sp³-hybridized carbons (Fsp3) is 0.200. The first-order chi connectivity index (χ1) is 13.7. The SMILES string of the molecule is CSCCC(NC(=O)c1cc2ccccc2oc1=O)c1nnc2ccccn12. The van der Waals surface area contributed by atoms with Gasteiger partial charge in [0.1, 0.15) is 11.1 Å². The van der Waals surface area contributed by atoms with E-state index in [0.29, 0.717) is 28.9 Å². The molecule has 1 N–H and O–H groups in total. The van der Waals surface area contributed by atoms with Gasteiger partial charge in [0.05, 0.1) is 6.04 Å². The Morgan fingerprint density at radius 1 is 1.21 bits per heavy atom. The first-order valence-electron chi connectivity index (χ1n) is 8.80. The third kappa shape index (κ3) is 3.50. The monoisotopic (exact) mass is 394 g/mol. The summed E-state index contributed by atoms with van der Waals surface area (Å²) in [7, 11) is 0. The Kier molecular flexibility index (Phi) is 5.12. The van der Waals surface area contributed by atoms with Crippen LogP contribution >= 0.6 is 11.8 Å². The van der Waals surface area contributed by atoms with E-state index in [1.807, 2.05) is 41.1 Å². The minimum absolute atomic E-state index is 0.0262. The number of nitrogens with one attached hydrogen (secondary N) is 1. The van der Waals surface area contributed by atoms with E-state index in [-0.39, 0.29) is 11.6 Å². The minimum Gasteiger partial charge on any atom is -0.422 e. The molecule has 0 fully saturated rings. The molecule has 0 saturated carbocycles. The van der Waals surface area contributed by atoms with E-state index in [1.165, 1.54) is 0 Å². The Morgan fingerprint density at radius 2 is 2.04 bits per heavy atom. The molecule has 1 amide bonds. The molecule has 1 atom stereocenters. The van der Waals surface area contributed by atoms with Crippen LogP contribution in [0.25, 0.3) is 16.6 Å². The van der Waals surface area contributed by atoms with Crippen LogP contribution in [0.3, 0.4) is 0 Å².